The molecular formula is C13H16O10. The maximum Gasteiger partial charge on any atom is 0.509 e. The van der Waals surface area contributed by atoms with Crippen LogP contribution >= 0.6 is 0 Å². The summed E-state index contributed by atoms with van der Waals surface area (Å²) in [6.45, 7) is 3.21. The molecular weight excluding hydrogens is 316 g/mol. The third-order valence-electron chi connectivity index (χ3n) is 3.09. The maximum atomic E-state index is 11.4. The standard InChI is InChI=1S/C13H16O10/c1-5(14)18-4-8-9(19-6(2)15)10-11(23-13(17)22-10)12(21-8)20-7(3)16/h8-12H,4H2,1-3H3/t8-,9-,10-,11+,12+/m1/s1. The number of fused-ring (bicyclic) bond motifs is 1. The Hall–Kier alpha value is -2.36. The van der Waals surface area contributed by atoms with Crippen molar-refractivity contribution in [1.29, 1.82) is 0 Å². The van der Waals surface area contributed by atoms with Crippen LogP contribution in [0.1, 0.15) is 20.8 Å². The van der Waals surface area contributed by atoms with Crippen molar-refractivity contribution in [2.45, 2.75) is 51.5 Å². The van der Waals surface area contributed by atoms with E-state index in [9.17, 15) is 19.2 Å². The van der Waals surface area contributed by atoms with Gasteiger partial charge in [-0.2, -0.15) is 0 Å². The molecule has 2 aliphatic heterocycles. The Kier molecular flexibility index (Phi) is 5.04. The van der Waals surface area contributed by atoms with Crippen molar-refractivity contribution >= 4 is 24.1 Å². The second-order valence-electron chi connectivity index (χ2n) is 4.94. The summed E-state index contributed by atoms with van der Waals surface area (Å²) in [6, 6.07) is 0. The van der Waals surface area contributed by atoms with Gasteiger partial charge in [-0.05, 0) is 0 Å². The third kappa shape index (κ3) is 4.09. The number of hydrogen-bond donors (Lipinski definition) is 0. The molecule has 0 aromatic rings. The zero-order valence-electron chi connectivity index (χ0n) is 12.7. The van der Waals surface area contributed by atoms with E-state index in [0.717, 1.165) is 13.8 Å². The fourth-order valence-corrected chi connectivity index (χ4v) is 2.31. The first-order chi connectivity index (χ1) is 10.8. The minimum atomic E-state index is -1.27. The third-order valence-corrected chi connectivity index (χ3v) is 3.09. The van der Waals surface area contributed by atoms with Crippen molar-refractivity contribution in [3.63, 3.8) is 0 Å². The topological polar surface area (TPSA) is 124 Å². The van der Waals surface area contributed by atoms with E-state index in [1.54, 1.807) is 0 Å². The number of carbonyl (C=O) groups is 4. The van der Waals surface area contributed by atoms with Gasteiger partial charge < -0.3 is 28.4 Å². The molecule has 0 aromatic carbocycles. The van der Waals surface area contributed by atoms with Crippen LogP contribution in [0.15, 0.2) is 0 Å². The average Bonchev–Trinajstić information content (AvgIpc) is 2.80. The molecule has 0 amide bonds. The van der Waals surface area contributed by atoms with Gasteiger partial charge in [0.25, 0.3) is 0 Å². The van der Waals surface area contributed by atoms with Crippen LogP contribution in [-0.4, -0.2) is 61.4 Å². The van der Waals surface area contributed by atoms with E-state index in [1.807, 2.05) is 0 Å². The molecule has 10 heteroatoms. The van der Waals surface area contributed by atoms with Crippen molar-refractivity contribution in [1.82, 2.24) is 0 Å². The summed E-state index contributed by atoms with van der Waals surface area (Å²) in [5.41, 5.74) is 0. The Morgan fingerprint density at radius 1 is 0.957 bits per heavy atom. The number of rotatable bonds is 4. The van der Waals surface area contributed by atoms with E-state index >= 15 is 0 Å². The minimum Gasteiger partial charge on any atom is -0.463 e. The molecule has 0 aliphatic carbocycles. The number of esters is 3. The monoisotopic (exact) mass is 332 g/mol. The van der Waals surface area contributed by atoms with E-state index in [1.165, 1.54) is 6.92 Å². The fraction of sp³-hybridized carbons (Fsp3) is 0.692. The molecule has 0 unspecified atom stereocenters. The van der Waals surface area contributed by atoms with Gasteiger partial charge in [0, 0.05) is 20.8 Å². The number of carbonyl (C=O) groups excluding carboxylic acids is 4. The SMILES string of the molecule is CC(=O)OC[C@H]1O[C@H](OC(C)=O)[C@H]2OC(=O)O[C@@H]2[C@@H]1OC(C)=O. The van der Waals surface area contributed by atoms with Crippen LogP contribution in [0.3, 0.4) is 0 Å². The fourth-order valence-electron chi connectivity index (χ4n) is 2.31. The molecule has 10 nitrogen and oxygen atoms in total. The zero-order chi connectivity index (χ0) is 17.1. The highest BCUT2D eigenvalue weighted by Gasteiger charge is 2.57. The van der Waals surface area contributed by atoms with Crippen molar-refractivity contribution < 1.29 is 47.6 Å². The Balaban J connectivity index is 2.22. The van der Waals surface area contributed by atoms with Gasteiger partial charge in [-0.1, -0.05) is 0 Å². The lowest BCUT2D eigenvalue weighted by atomic mass is 9.99. The van der Waals surface area contributed by atoms with Gasteiger partial charge in [-0.15, -0.1) is 0 Å². The number of hydrogen-bond acceptors (Lipinski definition) is 10. The summed E-state index contributed by atoms with van der Waals surface area (Å²) in [7, 11) is 0. The summed E-state index contributed by atoms with van der Waals surface area (Å²) in [6.07, 6.45) is -6.49. The van der Waals surface area contributed by atoms with Crippen LogP contribution in [0.25, 0.3) is 0 Å². The molecule has 128 valence electrons. The minimum absolute atomic E-state index is 0.286. The molecule has 0 aromatic heterocycles. The Morgan fingerprint density at radius 3 is 2.13 bits per heavy atom. The van der Waals surface area contributed by atoms with Crippen molar-refractivity contribution in [2.75, 3.05) is 6.61 Å². The predicted octanol–water partition coefficient (Wildman–Crippen LogP) is -0.327. The van der Waals surface area contributed by atoms with E-state index in [2.05, 4.69) is 0 Å². The van der Waals surface area contributed by atoms with Crippen LogP contribution < -0.4 is 0 Å². The predicted molar refractivity (Wildman–Crippen MR) is 67.8 cm³/mol. The molecule has 0 radical (unpaired) electrons. The molecule has 0 spiro atoms. The van der Waals surface area contributed by atoms with Crippen LogP contribution in [-0.2, 0) is 42.8 Å². The van der Waals surface area contributed by atoms with E-state index in [4.69, 9.17) is 28.4 Å². The lowest BCUT2D eigenvalue weighted by Crippen LogP contribution is -2.59. The molecule has 2 heterocycles. The first-order valence-electron chi connectivity index (χ1n) is 6.78. The Morgan fingerprint density at radius 2 is 1.57 bits per heavy atom. The molecule has 23 heavy (non-hydrogen) atoms. The highest BCUT2D eigenvalue weighted by molar-refractivity contribution is 5.68. The van der Waals surface area contributed by atoms with Crippen LogP contribution in [0.2, 0.25) is 0 Å². The van der Waals surface area contributed by atoms with E-state index < -0.39 is 54.8 Å². The largest absolute Gasteiger partial charge is 0.509 e. The Bertz CT molecular complexity index is 515. The maximum absolute atomic E-state index is 11.4. The zero-order valence-corrected chi connectivity index (χ0v) is 12.7. The summed E-state index contributed by atoms with van der Waals surface area (Å²) in [4.78, 5) is 44.8. The normalized spacial score (nSPS) is 32.1. The highest BCUT2D eigenvalue weighted by atomic mass is 16.8. The lowest BCUT2D eigenvalue weighted by molar-refractivity contribution is -0.274. The van der Waals surface area contributed by atoms with Gasteiger partial charge in [0.15, 0.2) is 12.2 Å². The molecule has 2 fully saturated rings. The van der Waals surface area contributed by atoms with Gasteiger partial charge in [-0.25, -0.2) is 4.79 Å². The first kappa shape index (κ1) is 17.0. The molecule has 0 N–H and O–H groups in total. The quantitative estimate of drug-likeness (QED) is 0.499. The van der Waals surface area contributed by atoms with Crippen LogP contribution in [0.4, 0.5) is 4.79 Å². The molecule has 2 aliphatic rings. The summed E-state index contributed by atoms with van der Waals surface area (Å²) in [5, 5.41) is 0. The van der Waals surface area contributed by atoms with E-state index in [0.29, 0.717) is 0 Å². The first-order valence-corrected chi connectivity index (χ1v) is 6.78. The van der Waals surface area contributed by atoms with Gasteiger partial charge in [0.2, 0.25) is 12.4 Å². The van der Waals surface area contributed by atoms with E-state index in [-0.39, 0.29) is 6.61 Å². The Labute approximate surface area is 130 Å². The van der Waals surface area contributed by atoms with Crippen molar-refractivity contribution in [2.24, 2.45) is 0 Å². The van der Waals surface area contributed by atoms with Gasteiger partial charge in [0.05, 0.1) is 0 Å². The highest BCUT2D eigenvalue weighted by Crippen LogP contribution is 2.33. The summed E-state index contributed by atoms with van der Waals surface area (Å²) < 4.78 is 30.2. The van der Waals surface area contributed by atoms with Gasteiger partial charge >= 0.3 is 24.1 Å². The average molecular weight is 332 g/mol. The van der Waals surface area contributed by atoms with Crippen LogP contribution in [0.5, 0.6) is 0 Å². The molecule has 2 saturated heterocycles. The second-order valence-corrected chi connectivity index (χ2v) is 4.94. The van der Waals surface area contributed by atoms with Crippen molar-refractivity contribution in [3.8, 4) is 0 Å². The van der Waals surface area contributed by atoms with Crippen LogP contribution in [0, 0.1) is 0 Å². The summed E-state index contributed by atoms with van der Waals surface area (Å²) >= 11 is 0. The van der Waals surface area contributed by atoms with Gasteiger partial charge in [0.1, 0.15) is 12.7 Å². The number of ether oxygens (including phenoxy) is 6. The smallest absolute Gasteiger partial charge is 0.463 e. The summed E-state index contributed by atoms with van der Waals surface area (Å²) in [5.74, 6) is -1.91. The second kappa shape index (κ2) is 6.82. The van der Waals surface area contributed by atoms with Gasteiger partial charge in [-0.3, -0.25) is 14.4 Å². The van der Waals surface area contributed by atoms with Crippen molar-refractivity contribution in [3.05, 3.63) is 0 Å². The molecule has 2 rings (SSSR count). The molecule has 0 saturated carbocycles. The molecule has 5 atom stereocenters. The molecule has 0 bridgehead atoms. The lowest BCUT2D eigenvalue weighted by Gasteiger charge is -2.39.